The molecule has 1 aromatic heterocycles. The molecule has 1 unspecified atom stereocenters. The molecule has 4 nitrogen and oxygen atoms in total. The molecule has 0 saturated carbocycles. The van der Waals surface area contributed by atoms with Crippen LogP contribution in [0.3, 0.4) is 0 Å². The molecule has 1 atom stereocenters. The lowest BCUT2D eigenvalue weighted by atomic mass is 10.1. The number of aliphatic hydroxyl groups is 1. The van der Waals surface area contributed by atoms with Crippen molar-refractivity contribution in [2.75, 3.05) is 17.6 Å². The Morgan fingerprint density at radius 3 is 2.87 bits per heavy atom. The topological polar surface area (TPSA) is 71.2 Å². The largest absolute Gasteiger partial charge is 0.396 e. The fourth-order valence-electron chi connectivity index (χ4n) is 1.42. The predicted molar refractivity (Wildman–Crippen MR) is 62.6 cm³/mol. The fourth-order valence-corrected chi connectivity index (χ4v) is 1.42. The molecule has 0 radical (unpaired) electrons. The van der Waals surface area contributed by atoms with E-state index in [1.54, 1.807) is 18.5 Å². The van der Waals surface area contributed by atoms with Crippen LogP contribution in [0, 0.1) is 5.92 Å². The number of aromatic nitrogens is 1. The summed E-state index contributed by atoms with van der Waals surface area (Å²) in [6.45, 7) is 4.69. The van der Waals surface area contributed by atoms with E-state index < -0.39 is 0 Å². The first-order valence-electron chi connectivity index (χ1n) is 5.21. The third-order valence-corrected chi connectivity index (χ3v) is 2.12. The van der Waals surface area contributed by atoms with Gasteiger partial charge in [-0.25, -0.2) is 0 Å². The molecule has 0 fully saturated rings. The average Bonchev–Trinajstić information content (AvgIpc) is 2.15. The van der Waals surface area contributed by atoms with Crippen molar-refractivity contribution in [2.45, 2.75) is 26.4 Å². The zero-order valence-electron chi connectivity index (χ0n) is 9.27. The monoisotopic (exact) mass is 209 g/mol. The zero-order valence-corrected chi connectivity index (χ0v) is 9.27. The van der Waals surface area contributed by atoms with Gasteiger partial charge in [-0.15, -0.1) is 0 Å². The SMILES string of the molecule is CC(C)CC(O)CNc1ccncc1N. The molecule has 0 saturated heterocycles. The van der Waals surface area contributed by atoms with Crippen molar-refractivity contribution >= 4 is 11.4 Å². The molecule has 0 aliphatic carbocycles. The number of nitrogens with two attached hydrogens (primary N) is 1. The van der Waals surface area contributed by atoms with Crippen molar-refractivity contribution in [1.29, 1.82) is 0 Å². The second kappa shape index (κ2) is 5.56. The number of rotatable bonds is 5. The van der Waals surface area contributed by atoms with Gasteiger partial charge in [0.2, 0.25) is 0 Å². The van der Waals surface area contributed by atoms with Gasteiger partial charge in [0, 0.05) is 12.7 Å². The fraction of sp³-hybridized carbons (Fsp3) is 0.545. The Balaban J connectivity index is 2.40. The second-order valence-corrected chi connectivity index (χ2v) is 4.13. The van der Waals surface area contributed by atoms with E-state index in [9.17, 15) is 5.11 Å². The minimum absolute atomic E-state index is 0.336. The number of nitrogens with one attached hydrogen (secondary N) is 1. The number of pyridine rings is 1. The Labute approximate surface area is 90.5 Å². The molecule has 0 amide bonds. The first-order valence-corrected chi connectivity index (χ1v) is 5.21. The third-order valence-electron chi connectivity index (χ3n) is 2.12. The second-order valence-electron chi connectivity index (χ2n) is 4.13. The number of hydrogen-bond acceptors (Lipinski definition) is 4. The average molecular weight is 209 g/mol. The van der Waals surface area contributed by atoms with E-state index in [0.29, 0.717) is 18.2 Å². The molecule has 0 spiro atoms. The van der Waals surface area contributed by atoms with Crippen LogP contribution in [-0.4, -0.2) is 22.7 Å². The smallest absolute Gasteiger partial charge is 0.0736 e. The summed E-state index contributed by atoms with van der Waals surface area (Å²) in [5.41, 5.74) is 7.13. The predicted octanol–water partition coefficient (Wildman–Crippen LogP) is 1.48. The van der Waals surface area contributed by atoms with Crippen LogP contribution in [0.15, 0.2) is 18.5 Å². The van der Waals surface area contributed by atoms with E-state index in [0.717, 1.165) is 12.1 Å². The van der Waals surface area contributed by atoms with Gasteiger partial charge in [0.05, 0.1) is 23.7 Å². The molecule has 4 heteroatoms. The van der Waals surface area contributed by atoms with Gasteiger partial charge in [-0.3, -0.25) is 4.98 Å². The minimum atomic E-state index is -0.336. The number of nitrogen functional groups attached to an aromatic ring is 1. The molecular weight excluding hydrogens is 190 g/mol. The Bertz CT molecular complexity index is 302. The summed E-state index contributed by atoms with van der Waals surface area (Å²) in [5, 5.41) is 12.8. The molecule has 0 aliphatic rings. The van der Waals surface area contributed by atoms with Crippen LogP contribution in [-0.2, 0) is 0 Å². The Hall–Kier alpha value is -1.29. The van der Waals surface area contributed by atoms with E-state index in [1.807, 2.05) is 0 Å². The maximum atomic E-state index is 9.65. The van der Waals surface area contributed by atoms with Gasteiger partial charge in [0.15, 0.2) is 0 Å². The number of anilines is 2. The molecule has 1 rings (SSSR count). The van der Waals surface area contributed by atoms with Crippen molar-refractivity contribution in [3.63, 3.8) is 0 Å². The lowest BCUT2D eigenvalue weighted by Crippen LogP contribution is -2.21. The minimum Gasteiger partial charge on any atom is -0.396 e. The van der Waals surface area contributed by atoms with E-state index in [1.165, 1.54) is 0 Å². The van der Waals surface area contributed by atoms with Crippen molar-refractivity contribution in [3.8, 4) is 0 Å². The maximum absolute atomic E-state index is 9.65. The van der Waals surface area contributed by atoms with E-state index in [2.05, 4.69) is 24.1 Å². The molecule has 0 aliphatic heterocycles. The van der Waals surface area contributed by atoms with Gasteiger partial charge in [-0.1, -0.05) is 13.8 Å². The summed E-state index contributed by atoms with van der Waals surface area (Å²) in [6, 6.07) is 1.80. The van der Waals surface area contributed by atoms with Crippen LogP contribution in [0.5, 0.6) is 0 Å². The first-order chi connectivity index (χ1) is 7.09. The summed E-state index contributed by atoms with van der Waals surface area (Å²) < 4.78 is 0. The highest BCUT2D eigenvalue weighted by Gasteiger charge is 2.07. The van der Waals surface area contributed by atoms with E-state index in [-0.39, 0.29) is 6.10 Å². The van der Waals surface area contributed by atoms with E-state index in [4.69, 9.17) is 5.73 Å². The van der Waals surface area contributed by atoms with Gasteiger partial charge in [0.25, 0.3) is 0 Å². The Morgan fingerprint density at radius 2 is 2.27 bits per heavy atom. The van der Waals surface area contributed by atoms with Gasteiger partial charge in [-0.05, 0) is 18.4 Å². The lowest BCUT2D eigenvalue weighted by molar-refractivity contribution is 0.161. The van der Waals surface area contributed by atoms with Crippen molar-refractivity contribution in [3.05, 3.63) is 18.5 Å². The molecule has 1 heterocycles. The van der Waals surface area contributed by atoms with Crippen LogP contribution in [0.4, 0.5) is 11.4 Å². The van der Waals surface area contributed by atoms with E-state index >= 15 is 0 Å². The summed E-state index contributed by atoms with van der Waals surface area (Å²) >= 11 is 0. The Kier molecular flexibility index (Phi) is 4.37. The quantitative estimate of drug-likeness (QED) is 0.687. The van der Waals surface area contributed by atoms with Crippen LogP contribution in [0.25, 0.3) is 0 Å². The lowest BCUT2D eigenvalue weighted by Gasteiger charge is -2.15. The van der Waals surface area contributed by atoms with Gasteiger partial charge >= 0.3 is 0 Å². The molecule has 4 N–H and O–H groups in total. The van der Waals surface area contributed by atoms with Crippen LogP contribution >= 0.6 is 0 Å². The normalized spacial score (nSPS) is 12.8. The number of hydrogen-bond donors (Lipinski definition) is 3. The van der Waals surface area contributed by atoms with Crippen molar-refractivity contribution in [2.24, 2.45) is 5.92 Å². The summed E-state index contributed by atoms with van der Waals surface area (Å²) in [4.78, 5) is 3.89. The number of aliphatic hydroxyl groups excluding tert-OH is 1. The molecule has 84 valence electrons. The molecule has 0 bridgehead atoms. The molecule has 0 aromatic carbocycles. The van der Waals surface area contributed by atoms with Gasteiger partial charge < -0.3 is 16.2 Å². The van der Waals surface area contributed by atoms with Crippen LogP contribution in [0.1, 0.15) is 20.3 Å². The third kappa shape index (κ3) is 4.16. The van der Waals surface area contributed by atoms with Gasteiger partial charge in [-0.2, -0.15) is 0 Å². The van der Waals surface area contributed by atoms with Crippen molar-refractivity contribution < 1.29 is 5.11 Å². The highest BCUT2D eigenvalue weighted by Crippen LogP contribution is 2.15. The first kappa shape index (κ1) is 11.8. The molecule has 1 aromatic rings. The highest BCUT2D eigenvalue weighted by atomic mass is 16.3. The summed E-state index contributed by atoms with van der Waals surface area (Å²) in [7, 11) is 0. The molecule has 15 heavy (non-hydrogen) atoms. The standard InChI is InChI=1S/C11H19N3O/c1-8(2)5-9(15)6-14-11-3-4-13-7-10(11)12/h3-4,7-9,15H,5-6,12H2,1-2H3,(H,13,14). The number of nitrogens with zero attached hydrogens (tertiary/aromatic N) is 1. The van der Waals surface area contributed by atoms with Crippen LogP contribution < -0.4 is 11.1 Å². The summed E-state index contributed by atoms with van der Waals surface area (Å²) in [6.07, 6.45) is 3.72. The van der Waals surface area contributed by atoms with Gasteiger partial charge in [0.1, 0.15) is 0 Å². The van der Waals surface area contributed by atoms with Crippen molar-refractivity contribution in [1.82, 2.24) is 4.98 Å². The maximum Gasteiger partial charge on any atom is 0.0736 e. The summed E-state index contributed by atoms with van der Waals surface area (Å²) in [5.74, 6) is 0.497. The van der Waals surface area contributed by atoms with Crippen LogP contribution in [0.2, 0.25) is 0 Å². The molecular formula is C11H19N3O. The zero-order chi connectivity index (χ0) is 11.3. The Morgan fingerprint density at radius 1 is 1.53 bits per heavy atom. The highest BCUT2D eigenvalue weighted by molar-refractivity contribution is 5.64.